The maximum atomic E-state index is 13.3. The second-order valence-corrected chi connectivity index (χ2v) is 9.00. The highest BCUT2D eigenvalue weighted by Gasteiger charge is 2.33. The van der Waals surface area contributed by atoms with Gasteiger partial charge in [-0.25, -0.2) is 4.79 Å². The fourth-order valence-corrected chi connectivity index (χ4v) is 4.37. The molecule has 0 saturated heterocycles. The number of esters is 1. The molecule has 9 heteroatoms. The van der Waals surface area contributed by atoms with E-state index < -0.39 is 29.7 Å². The summed E-state index contributed by atoms with van der Waals surface area (Å²) >= 11 is 6.05. The molecule has 1 N–H and O–H groups in total. The van der Waals surface area contributed by atoms with Crippen LogP contribution in [-0.4, -0.2) is 11.9 Å². The quantitative estimate of drug-likeness (QED) is 0.230. The van der Waals surface area contributed by atoms with E-state index in [-0.39, 0.29) is 16.5 Å². The van der Waals surface area contributed by atoms with Crippen LogP contribution in [0.4, 0.5) is 18.9 Å². The van der Waals surface area contributed by atoms with E-state index in [9.17, 15) is 22.8 Å². The molecule has 0 spiro atoms. The van der Waals surface area contributed by atoms with Crippen LogP contribution in [0.5, 0.6) is 0 Å². The van der Waals surface area contributed by atoms with Crippen LogP contribution in [0, 0.1) is 6.92 Å². The molecular formula is C29H19ClF3NO4. The molecule has 38 heavy (non-hydrogen) atoms. The number of hydrogen-bond acceptors (Lipinski definition) is 4. The number of aryl methyl sites for hydroxylation is 1. The molecule has 0 fully saturated rings. The second-order valence-electron chi connectivity index (χ2n) is 8.60. The van der Waals surface area contributed by atoms with E-state index in [1.165, 1.54) is 0 Å². The predicted molar refractivity (Wildman–Crippen MR) is 138 cm³/mol. The predicted octanol–water partition coefficient (Wildman–Crippen LogP) is 8.10. The summed E-state index contributed by atoms with van der Waals surface area (Å²) in [5.74, 6) is -1.87. The number of ether oxygens (including phenoxy) is 1. The first-order chi connectivity index (χ1) is 18.1. The lowest BCUT2D eigenvalue weighted by molar-refractivity contribution is -0.137. The number of carbonyl (C=O) groups is 2. The van der Waals surface area contributed by atoms with Crippen LogP contribution in [0.1, 0.15) is 33.3 Å². The number of anilines is 1. The van der Waals surface area contributed by atoms with Gasteiger partial charge in [0.05, 0.1) is 16.3 Å². The zero-order chi connectivity index (χ0) is 27.0. The summed E-state index contributed by atoms with van der Waals surface area (Å²) < 4.78 is 51.2. The average Bonchev–Trinajstić information content (AvgIpc) is 3.25. The Morgan fingerprint density at radius 3 is 2.37 bits per heavy atom. The van der Waals surface area contributed by atoms with E-state index >= 15 is 0 Å². The van der Waals surface area contributed by atoms with Crippen LogP contribution in [0.3, 0.4) is 0 Å². The highest BCUT2D eigenvalue weighted by molar-refractivity contribution is 6.33. The topological polar surface area (TPSA) is 68.5 Å². The van der Waals surface area contributed by atoms with Gasteiger partial charge < -0.3 is 14.5 Å². The summed E-state index contributed by atoms with van der Waals surface area (Å²) in [6, 6.07) is 21.9. The van der Waals surface area contributed by atoms with Crippen molar-refractivity contribution in [3.8, 4) is 0 Å². The molecule has 4 aromatic carbocycles. The number of alkyl halides is 3. The molecule has 1 heterocycles. The second kappa shape index (κ2) is 9.87. The van der Waals surface area contributed by atoms with Gasteiger partial charge in [0, 0.05) is 21.9 Å². The normalized spacial score (nSPS) is 12.4. The smallest absolute Gasteiger partial charge is 0.416 e. The van der Waals surface area contributed by atoms with Gasteiger partial charge in [0.25, 0.3) is 5.91 Å². The monoisotopic (exact) mass is 537 g/mol. The molecule has 192 valence electrons. The zero-order valence-corrected chi connectivity index (χ0v) is 20.6. The summed E-state index contributed by atoms with van der Waals surface area (Å²) in [5, 5.41) is 4.71. The van der Waals surface area contributed by atoms with Gasteiger partial charge in [-0.15, -0.1) is 0 Å². The zero-order valence-electron chi connectivity index (χ0n) is 19.8. The van der Waals surface area contributed by atoms with Crippen molar-refractivity contribution in [1.29, 1.82) is 0 Å². The van der Waals surface area contributed by atoms with Gasteiger partial charge >= 0.3 is 12.1 Å². The number of fused-ring (bicyclic) bond motifs is 3. The minimum absolute atomic E-state index is 0.0813. The van der Waals surface area contributed by atoms with E-state index in [0.29, 0.717) is 22.1 Å². The Morgan fingerprint density at radius 2 is 1.63 bits per heavy atom. The molecule has 5 rings (SSSR count). The maximum absolute atomic E-state index is 13.3. The molecule has 0 unspecified atom stereocenters. The SMILES string of the molecule is Cc1c(C(=O)O[C@@H](C(=O)Nc2cc(C(F)(F)F)ccc2Cl)c2ccccc2)oc2c1ccc1ccccc12. The summed E-state index contributed by atoms with van der Waals surface area (Å²) in [4.78, 5) is 26.6. The van der Waals surface area contributed by atoms with Crippen LogP contribution in [-0.2, 0) is 15.7 Å². The van der Waals surface area contributed by atoms with Crippen molar-refractivity contribution >= 4 is 50.9 Å². The minimum atomic E-state index is -4.64. The third-order valence-electron chi connectivity index (χ3n) is 6.13. The van der Waals surface area contributed by atoms with Crippen LogP contribution < -0.4 is 5.32 Å². The van der Waals surface area contributed by atoms with Gasteiger partial charge in [-0.2, -0.15) is 13.2 Å². The summed E-state index contributed by atoms with van der Waals surface area (Å²) in [6.45, 7) is 1.71. The molecule has 0 aliphatic carbocycles. The highest BCUT2D eigenvalue weighted by atomic mass is 35.5. The molecule has 0 radical (unpaired) electrons. The summed E-state index contributed by atoms with van der Waals surface area (Å²) in [7, 11) is 0. The van der Waals surface area contributed by atoms with E-state index in [2.05, 4.69) is 5.32 Å². The summed E-state index contributed by atoms with van der Waals surface area (Å²) in [6.07, 6.45) is -6.14. The fourth-order valence-electron chi connectivity index (χ4n) is 4.20. The number of nitrogens with one attached hydrogen (secondary N) is 1. The van der Waals surface area contributed by atoms with Crippen LogP contribution >= 0.6 is 11.6 Å². The Hall–Kier alpha value is -4.30. The Balaban J connectivity index is 1.49. The van der Waals surface area contributed by atoms with Gasteiger partial charge in [-0.3, -0.25) is 4.79 Å². The number of benzene rings is 4. The lowest BCUT2D eigenvalue weighted by atomic mass is 10.1. The van der Waals surface area contributed by atoms with E-state index in [4.69, 9.17) is 20.8 Å². The average molecular weight is 538 g/mol. The van der Waals surface area contributed by atoms with Crippen molar-refractivity contribution in [2.24, 2.45) is 0 Å². The molecule has 0 aliphatic rings. The molecule has 0 aliphatic heterocycles. The number of furan rings is 1. The van der Waals surface area contributed by atoms with Crippen LogP contribution in [0.15, 0.2) is 89.3 Å². The van der Waals surface area contributed by atoms with Crippen molar-refractivity contribution in [1.82, 2.24) is 0 Å². The highest BCUT2D eigenvalue weighted by Crippen LogP contribution is 2.35. The number of rotatable bonds is 5. The molecular weight excluding hydrogens is 519 g/mol. The Labute approximate surface area is 219 Å². The van der Waals surface area contributed by atoms with Gasteiger partial charge in [0.15, 0.2) is 0 Å². The van der Waals surface area contributed by atoms with Crippen molar-refractivity contribution in [2.45, 2.75) is 19.2 Å². The Bertz CT molecular complexity index is 1680. The molecule has 5 nitrogen and oxygen atoms in total. The van der Waals surface area contributed by atoms with E-state index in [1.54, 1.807) is 37.3 Å². The number of carbonyl (C=O) groups excluding carboxylic acids is 2. The molecule has 1 atom stereocenters. The van der Waals surface area contributed by atoms with Crippen molar-refractivity contribution in [3.63, 3.8) is 0 Å². The molecule has 5 aromatic rings. The number of halogens is 4. The standard InChI is InChI=1S/C29H19ClF3NO4/c1-16-20-13-11-17-7-5-6-10-21(17)26(20)37-24(16)28(36)38-25(18-8-3-2-4-9-18)27(35)34-23-15-19(29(31,32)33)12-14-22(23)30/h2-15,25H,1H3,(H,34,35)/t25-/m1/s1. The molecule has 0 bridgehead atoms. The van der Waals surface area contributed by atoms with Gasteiger partial charge in [-0.1, -0.05) is 78.3 Å². The minimum Gasteiger partial charge on any atom is -0.448 e. The third-order valence-corrected chi connectivity index (χ3v) is 6.46. The Morgan fingerprint density at radius 1 is 0.921 bits per heavy atom. The van der Waals surface area contributed by atoms with Crippen molar-refractivity contribution < 1.29 is 31.9 Å². The van der Waals surface area contributed by atoms with Crippen molar-refractivity contribution in [3.05, 3.63) is 112 Å². The third kappa shape index (κ3) is 4.82. The Kier molecular flexibility index (Phi) is 6.59. The maximum Gasteiger partial charge on any atom is 0.416 e. The summed E-state index contributed by atoms with van der Waals surface area (Å²) in [5.41, 5.74) is 0.0824. The van der Waals surface area contributed by atoms with Gasteiger partial charge in [0.1, 0.15) is 5.58 Å². The van der Waals surface area contributed by atoms with Crippen LogP contribution in [0.2, 0.25) is 5.02 Å². The van der Waals surface area contributed by atoms with E-state index in [0.717, 1.165) is 29.0 Å². The van der Waals surface area contributed by atoms with Gasteiger partial charge in [-0.05, 0) is 30.5 Å². The van der Waals surface area contributed by atoms with Crippen LogP contribution in [0.25, 0.3) is 21.7 Å². The largest absolute Gasteiger partial charge is 0.448 e. The lowest BCUT2D eigenvalue weighted by Crippen LogP contribution is -2.26. The molecule has 1 amide bonds. The first-order valence-electron chi connectivity index (χ1n) is 11.5. The number of hydrogen-bond donors (Lipinski definition) is 1. The molecule has 0 saturated carbocycles. The lowest BCUT2D eigenvalue weighted by Gasteiger charge is -2.19. The first-order valence-corrected chi connectivity index (χ1v) is 11.9. The fraction of sp³-hybridized carbons (Fsp3) is 0.103. The van der Waals surface area contributed by atoms with Gasteiger partial charge in [0.2, 0.25) is 11.9 Å². The van der Waals surface area contributed by atoms with Crippen molar-refractivity contribution in [2.75, 3.05) is 5.32 Å². The molecule has 1 aromatic heterocycles. The first kappa shape index (κ1) is 25.4. The number of amides is 1. The van der Waals surface area contributed by atoms with E-state index in [1.807, 2.05) is 36.4 Å².